The number of sulfonamides is 1. The number of anilines is 4. The number of thiazole rings is 2. The summed E-state index contributed by atoms with van der Waals surface area (Å²) in [4.78, 5) is 18.1. The molecule has 0 radical (unpaired) electrons. The van der Waals surface area contributed by atoms with Gasteiger partial charge in [0.25, 0.3) is 10.0 Å². The molecule has 3 heterocycles. The molecule has 3 aromatic heterocycles. The second-order valence-electron chi connectivity index (χ2n) is 6.73. The monoisotopic (exact) mass is 473 g/mol. The maximum absolute atomic E-state index is 12.7. The zero-order valence-electron chi connectivity index (χ0n) is 16.9. The lowest BCUT2D eigenvalue weighted by molar-refractivity contribution is 0.601. The maximum atomic E-state index is 12.7. The number of aromatic nitrogens is 4. The summed E-state index contributed by atoms with van der Waals surface area (Å²) in [6.07, 6.45) is 0. The number of aryl methyl sites for hydroxylation is 3. The average Bonchev–Trinajstić information content (AvgIpc) is 3.26. The third-order valence-electron chi connectivity index (χ3n) is 4.17. The maximum Gasteiger partial charge on any atom is 0.264 e. The van der Waals surface area contributed by atoms with E-state index < -0.39 is 10.0 Å². The molecule has 31 heavy (non-hydrogen) atoms. The summed E-state index contributed by atoms with van der Waals surface area (Å²) >= 11 is 2.83. The van der Waals surface area contributed by atoms with Gasteiger partial charge in [0, 0.05) is 22.5 Å². The minimum absolute atomic E-state index is 0.0500. The van der Waals surface area contributed by atoms with Crippen molar-refractivity contribution < 1.29 is 8.42 Å². The fourth-order valence-electron chi connectivity index (χ4n) is 2.88. The Hall–Kier alpha value is -3.09. The highest BCUT2D eigenvalue weighted by Gasteiger charge is 2.17. The number of hydrogen-bond acceptors (Lipinski definition) is 10. The molecule has 160 valence electrons. The van der Waals surface area contributed by atoms with Gasteiger partial charge in [0.15, 0.2) is 10.3 Å². The first kappa shape index (κ1) is 21.2. The quantitative estimate of drug-likeness (QED) is 0.381. The van der Waals surface area contributed by atoms with Crippen LogP contribution in [-0.2, 0) is 10.0 Å². The SMILES string of the molecule is Cc1cc(C)nc(NS(=O)(=O)c2ccc(Nc3nc(-c4sc(N)nc4C)cs3)cc2)n1. The first-order valence-corrected chi connectivity index (χ1v) is 12.3. The van der Waals surface area contributed by atoms with Crippen molar-refractivity contribution in [1.82, 2.24) is 19.9 Å². The summed E-state index contributed by atoms with van der Waals surface area (Å²) in [6.45, 7) is 5.45. The molecule has 0 aliphatic carbocycles. The van der Waals surface area contributed by atoms with Gasteiger partial charge in [-0.05, 0) is 51.1 Å². The topological polar surface area (TPSA) is 136 Å². The van der Waals surface area contributed by atoms with E-state index in [1.165, 1.54) is 34.8 Å². The first-order valence-electron chi connectivity index (χ1n) is 9.10. The molecule has 9 nitrogen and oxygen atoms in total. The van der Waals surface area contributed by atoms with E-state index >= 15 is 0 Å². The van der Waals surface area contributed by atoms with Gasteiger partial charge in [-0.1, -0.05) is 11.3 Å². The van der Waals surface area contributed by atoms with Crippen LogP contribution in [0.25, 0.3) is 10.6 Å². The van der Waals surface area contributed by atoms with Crippen LogP contribution in [0, 0.1) is 20.8 Å². The van der Waals surface area contributed by atoms with E-state index in [4.69, 9.17) is 5.73 Å². The zero-order chi connectivity index (χ0) is 22.2. The molecule has 12 heteroatoms. The Morgan fingerprint density at radius 3 is 2.26 bits per heavy atom. The van der Waals surface area contributed by atoms with Crippen molar-refractivity contribution in [2.45, 2.75) is 25.7 Å². The van der Waals surface area contributed by atoms with Crippen LogP contribution in [0.2, 0.25) is 0 Å². The molecule has 4 aromatic rings. The minimum atomic E-state index is -3.80. The van der Waals surface area contributed by atoms with Crippen molar-refractivity contribution in [3.05, 3.63) is 52.8 Å². The van der Waals surface area contributed by atoms with Gasteiger partial charge >= 0.3 is 0 Å². The number of nitrogens with two attached hydrogens (primary N) is 1. The molecule has 0 spiro atoms. The molecular formula is C19H19N7O2S3. The standard InChI is InChI=1S/C19H19N7O2S3/c1-10-8-11(2)22-18(21-10)26-31(27,28)14-6-4-13(5-7-14)24-19-25-15(9-29-19)16-12(3)23-17(20)30-16/h4-9H,1-3H3,(H2,20,23)(H,24,25)(H,21,22,26). The molecular weight excluding hydrogens is 454 g/mol. The van der Waals surface area contributed by atoms with E-state index in [2.05, 4.69) is 30.0 Å². The number of nitrogen functional groups attached to an aromatic ring is 1. The predicted molar refractivity (Wildman–Crippen MR) is 124 cm³/mol. The smallest absolute Gasteiger partial charge is 0.264 e. The fourth-order valence-corrected chi connectivity index (χ4v) is 5.42. The van der Waals surface area contributed by atoms with Crippen molar-refractivity contribution in [2.24, 2.45) is 0 Å². The van der Waals surface area contributed by atoms with Crippen molar-refractivity contribution >= 4 is 54.6 Å². The van der Waals surface area contributed by atoms with Gasteiger partial charge < -0.3 is 11.1 Å². The molecule has 0 bridgehead atoms. The van der Waals surface area contributed by atoms with Crippen LogP contribution >= 0.6 is 22.7 Å². The van der Waals surface area contributed by atoms with Gasteiger partial charge in [-0.2, -0.15) is 0 Å². The molecule has 0 fully saturated rings. The van der Waals surface area contributed by atoms with Crippen molar-refractivity contribution in [1.29, 1.82) is 0 Å². The first-order chi connectivity index (χ1) is 14.7. The fraction of sp³-hybridized carbons (Fsp3) is 0.158. The highest BCUT2D eigenvalue weighted by Crippen LogP contribution is 2.34. The van der Waals surface area contributed by atoms with Crippen molar-refractivity contribution in [2.75, 3.05) is 15.8 Å². The molecule has 0 amide bonds. The van der Waals surface area contributed by atoms with Gasteiger partial charge in [0.1, 0.15) is 0 Å². The number of benzene rings is 1. The van der Waals surface area contributed by atoms with Crippen LogP contribution in [0.4, 0.5) is 21.9 Å². The van der Waals surface area contributed by atoms with Crippen LogP contribution in [0.3, 0.4) is 0 Å². The third kappa shape index (κ3) is 4.81. The number of nitrogens with one attached hydrogen (secondary N) is 2. The van der Waals surface area contributed by atoms with Crippen LogP contribution < -0.4 is 15.8 Å². The Labute approximate surface area is 187 Å². The Morgan fingerprint density at radius 2 is 1.65 bits per heavy atom. The highest BCUT2D eigenvalue weighted by atomic mass is 32.2. The van der Waals surface area contributed by atoms with E-state index in [1.807, 2.05) is 12.3 Å². The van der Waals surface area contributed by atoms with Gasteiger partial charge in [0.2, 0.25) is 5.95 Å². The van der Waals surface area contributed by atoms with Crippen LogP contribution in [-0.4, -0.2) is 28.4 Å². The summed E-state index contributed by atoms with van der Waals surface area (Å²) in [5.74, 6) is 0.0500. The average molecular weight is 474 g/mol. The minimum Gasteiger partial charge on any atom is -0.375 e. The summed E-state index contributed by atoms with van der Waals surface area (Å²) in [5, 5.41) is 6.30. The van der Waals surface area contributed by atoms with Gasteiger partial charge in [-0.3, -0.25) is 0 Å². The van der Waals surface area contributed by atoms with E-state index in [9.17, 15) is 8.42 Å². The predicted octanol–water partition coefficient (Wildman–Crippen LogP) is 4.11. The molecule has 0 aliphatic heterocycles. The third-order valence-corrected chi connectivity index (χ3v) is 7.28. The van der Waals surface area contributed by atoms with Crippen molar-refractivity contribution in [3.8, 4) is 10.6 Å². The lowest BCUT2D eigenvalue weighted by Gasteiger charge is -2.09. The second-order valence-corrected chi connectivity index (χ2v) is 10.3. The Bertz CT molecular complexity index is 1330. The molecule has 4 N–H and O–H groups in total. The summed E-state index contributed by atoms with van der Waals surface area (Å²) < 4.78 is 27.7. The van der Waals surface area contributed by atoms with E-state index in [0.29, 0.717) is 27.3 Å². The highest BCUT2D eigenvalue weighted by molar-refractivity contribution is 7.92. The molecule has 0 unspecified atom stereocenters. The number of rotatable bonds is 6. The van der Waals surface area contributed by atoms with E-state index in [1.54, 1.807) is 32.0 Å². The summed E-state index contributed by atoms with van der Waals surface area (Å²) in [5.41, 5.74) is 9.49. The van der Waals surface area contributed by atoms with Gasteiger partial charge in [0.05, 0.1) is 21.2 Å². The lowest BCUT2D eigenvalue weighted by atomic mass is 10.3. The Balaban J connectivity index is 1.49. The van der Waals surface area contributed by atoms with E-state index in [-0.39, 0.29) is 10.8 Å². The molecule has 0 saturated carbocycles. The number of hydrogen-bond donors (Lipinski definition) is 3. The van der Waals surface area contributed by atoms with Gasteiger partial charge in [-0.25, -0.2) is 33.1 Å². The molecule has 4 rings (SSSR count). The van der Waals surface area contributed by atoms with Crippen LogP contribution in [0.5, 0.6) is 0 Å². The Morgan fingerprint density at radius 1 is 0.968 bits per heavy atom. The van der Waals surface area contributed by atoms with E-state index in [0.717, 1.165) is 16.3 Å². The zero-order valence-corrected chi connectivity index (χ0v) is 19.3. The molecule has 0 atom stereocenters. The molecule has 0 saturated heterocycles. The summed E-state index contributed by atoms with van der Waals surface area (Å²) in [6, 6.07) is 8.14. The summed E-state index contributed by atoms with van der Waals surface area (Å²) in [7, 11) is -3.80. The lowest BCUT2D eigenvalue weighted by Crippen LogP contribution is -2.15. The van der Waals surface area contributed by atoms with Crippen LogP contribution in [0.1, 0.15) is 17.1 Å². The largest absolute Gasteiger partial charge is 0.375 e. The van der Waals surface area contributed by atoms with Crippen LogP contribution in [0.15, 0.2) is 40.6 Å². The van der Waals surface area contributed by atoms with Crippen molar-refractivity contribution in [3.63, 3.8) is 0 Å². The normalized spacial score (nSPS) is 11.5. The molecule has 1 aromatic carbocycles. The second kappa shape index (κ2) is 8.21. The number of nitrogens with zero attached hydrogens (tertiary/aromatic N) is 4. The Kier molecular flexibility index (Phi) is 5.60. The molecule has 0 aliphatic rings. The van der Waals surface area contributed by atoms with Gasteiger partial charge in [-0.15, -0.1) is 11.3 Å².